The van der Waals surface area contributed by atoms with Crippen molar-refractivity contribution in [2.75, 3.05) is 30.2 Å². The molecule has 51 heavy (non-hydrogen) atoms. The van der Waals surface area contributed by atoms with Crippen molar-refractivity contribution in [3.05, 3.63) is 52.1 Å². The molecule has 0 aliphatic carbocycles. The maximum atomic E-state index is 13.7. The number of ether oxygens (including phenoxy) is 2. The smallest absolute Gasteiger partial charge is 0.469 e. The van der Waals surface area contributed by atoms with Gasteiger partial charge in [-0.05, 0) is 30.7 Å². The third-order valence-electron chi connectivity index (χ3n) is 7.21. The number of hydrogen-bond donors (Lipinski definition) is 4. The number of thiol groups is 1. The minimum atomic E-state index is -5.34. The van der Waals surface area contributed by atoms with Gasteiger partial charge in [-0.15, -0.1) is 0 Å². The Balaban J connectivity index is 1.81. The van der Waals surface area contributed by atoms with Gasteiger partial charge in [0.15, 0.2) is 11.2 Å². The number of aromatic nitrogens is 4. The van der Waals surface area contributed by atoms with Crippen molar-refractivity contribution in [2.24, 2.45) is 11.8 Å². The highest BCUT2D eigenvalue weighted by Gasteiger charge is 2.43. The van der Waals surface area contributed by atoms with Gasteiger partial charge in [0.2, 0.25) is 11.9 Å². The highest BCUT2D eigenvalue weighted by molar-refractivity contribution is 7.80. The van der Waals surface area contributed by atoms with E-state index in [0.717, 1.165) is 37.6 Å². The van der Waals surface area contributed by atoms with Gasteiger partial charge in [0.25, 0.3) is 11.5 Å². The molecule has 0 aliphatic rings. The number of anilines is 2. The normalized spacial score (nSPS) is 12.5. The summed E-state index contributed by atoms with van der Waals surface area (Å²) in [5.74, 6) is -6.90. The first kappa shape index (κ1) is 40.0. The fourth-order valence-corrected chi connectivity index (χ4v) is 4.72. The molecule has 0 unspecified atom stereocenters. The second-order valence-electron chi connectivity index (χ2n) is 11.3. The van der Waals surface area contributed by atoms with Crippen LogP contribution in [0.1, 0.15) is 49.2 Å². The number of ketones is 1. The topological polar surface area (TPSA) is 220 Å². The number of hydrogen-bond acceptors (Lipinski definition) is 13. The number of benzene rings is 1. The molecule has 0 fully saturated rings. The number of carbonyl (C=O) groups is 6. The lowest BCUT2D eigenvalue weighted by Crippen LogP contribution is -2.42. The number of alkyl halides is 3. The predicted octanol–water partition coefficient (Wildman–Crippen LogP) is 2.13. The Kier molecular flexibility index (Phi) is 13.7. The lowest BCUT2D eigenvalue weighted by Gasteiger charge is -2.24. The number of aromatic amines is 1. The average molecular weight is 738 g/mol. The van der Waals surface area contributed by atoms with E-state index in [-0.39, 0.29) is 59.1 Å². The fourth-order valence-electron chi connectivity index (χ4n) is 4.44. The molecule has 0 aliphatic heterocycles. The molecule has 0 bridgehead atoms. The molecular formula is C31H34F3N7O9S. The Morgan fingerprint density at radius 3 is 2.22 bits per heavy atom. The zero-order chi connectivity index (χ0) is 38.0. The molecule has 16 nitrogen and oxygen atoms in total. The van der Waals surface area contributed by atoms with Gasteiger partial charge in [-0.1, -0.05) is 13.8 Å². The molecule has 0 saturated carbocycles. The van der Waals surface area contributed by atoms with Crippen molar-refractivity contribution in [1.82, 2.24) is 25.3 Å². The Bertz CT molecular complexity index is 1850. The maximum absolute atomic E-state index is 13.7. The maximum Gasteiger partial charge on any atom is 0.471 e. The van der Waals surface area contributed by atoms with Crippen molar-refractivity contribution >= 4 is 70.9 Å². The number of Topliss-reactive ketones (excluding diaryl/α,β-unsaturated/α-hetero) is 1. The Morgan fingerprint density at radius 2 is 1.65 bits per heavy atom. The van der Waals surface area contributed by atoms with Crippen molar-refractivity contribution < 1.29 is 51.4 Å². The van der Waals surface area contributed by atoms with Gasteiger partial charge in [-0.25, -0.2) is 14.8 Å². The third-order valence-corrected chi connectivity index (χ3v) is 7.66. The van der Waals surface area contributed by atoms with Crippen molar-refractivity contribution in [1.29, 1.82) is 0 Å². The van der Waals surface area contributed by atoms with Crippen molar-refractivity contribution in [2.45, 2.75) is 51.9 Å². The summed E-state index contributed by atoms with van der Waals surface area (Å²) in [4.78, 5) is 101. The number of carbonyl (C=O) groups excluding carboxylic acids is 6. The first-order valence-electron chi connectivity index (χ1n) is 15.1. The van der Waals surface area contributed by atoms with E-state index in [4.69, 9.17) is 4.74 Å². The monoisotopic (exact) mass is 737 g/mol. The summed E-state index contributed by atoms with van der Waals surface area (Å²) in [6.45, 7) is 2.42. The molecule has 0 saturated heterocycles. The SMILES string of the molecule is COC(=O)[C@@H](CS)CC(=O)CC[C@H](NC(=O)c1ccc(N(Cc2cnc3nc(NC(=O)C(C)C)[nH]c(=O)c3n2)C(=O)C(F)(F)F)cc1)C(=O)OC. The molecule has 2 heterocycles. The van der Waals surface area contributed by atoms with Crippen LogP contribution in [0.15, 0.2) is 35.3 Å². The van der Waals surface area contributed by atoms with E-state index in [9.17, 15) is 46.7 Å². The van der Waals surface area contributed by atoms with Crippen LogP contribution in [0, 0.1) is 11.8 Å². The summed E-state index contributed by atoms with van der Waals surface area (Å²) in [6.07, 6.45) is -4.94. The Hall–Kier alpha value is -5.40. The molecule has 20 heteroatoms. The number of nitrogens with one attached hydrogen (secondary N) is 3. The fraction of sp³-hybridized carbons (Fsp3) is 0.419. The second-order valence-corrected chi connectivity index (χ2v) is 11.6. The van der Waals surface area contributed by atoms with Gasteiger partial charge in [0.1, 0.15) is 11.8 Å². The Morgan fingerprint density at radius 1 is 1.00 bits per heavy atom. The number of amides is 3. The van der Waals surface area contributed by atoms with E-state index in [1.807, 2.05) is 0 Å². The molecule has 3 rings (SSSR count). The summed E-state index contributed by atoms with van der Waals surface area (Å²) in [7, 11) is 2.23. The van der Waals surface area contributed by atoms with Crippen LogP contribution in [0.5, 0.6) is 0 Å². The van der Waals surface area contributed by atoms with Gasteiger partial charge in [-0.3, -0.25) is 44.0 Å². The van der Waals surface area contributed by atoms with Gasteiger partial charge in [0, 0.05) is 35.8 Å². The largest absolute Gasteiger partial charge is 0.471 e. The van der Waals surface area contributed by atoms with E-state index in [1.165, 1.54) is 7.11 Å². The van der Waals surface area contributed by atoms with Gasteiger partial charge in [0.05, 0.1) is 38.6 Å². The number of halogens is 3. The summed E-state index contributed by atoms with van der Waals surface area (Å²) in [5, 5.41) is 4.80. The highest BCUT2D eigenvalue weighted by Crippen LogP contribution is 2.26. The number of nitrogens with zero attached hydrogens (tertiary/aromatic N) is 4. The minimum absolute atomic E-state index is 0.0476. The summed E-state index contributed by atoms with van der Waals surface area (Å²) in [5.41, 5.74) is -2.10. The molecule has 3 N–H and O–H groups in total. The molecule has 3 aromatic rings. The number of methoxy groups -OCH3 is 2. The van der Waals surface area contributed by atoms with Crippen molar-refractivity contribution in [3.63, 3.8) is 0 Å². The van der Waals surface area contributed by atoms with Crippen molar-refractivity contribution in [3.8, 4) is 0 Å². The van der Waals surface area contributed by atoms with E-state index in [0.29, 0.717) is 4.90 Å². The van der Waals surface area contributed by atoms with Crippen LogP contribution in [0.4, 0.5) is 24.8 Å². The lowest BCUT2D eigenvalue weighted by atomic mass is 9.99. The molecule has 0 radical (unpaired) electrons. The standard InChI is InChI=1S/C31H34F3N7O9S/c1-15(2)24(43)39-30-38-23-22(26(45)40-30)36-18(12-35-23)13-41(29(48)31(32,33)34)19-7-5-16(6-8-19)25(44)37-21(28(47)50-4)10-9-20(42)11-17(14-51)27(46)49-3/h5-8,12,15,17,21,51H,9-11,13-14H2,1-4H3,(H,37,44)(H2,35,38,39,40,43,45)/t17-,21+/m1/s1. The summed E-state index contributed by atoms with van der Waals surface area (Å²) < 4.78 is 50.3. The average Bonchev–Trinajstić information content (AvgIpc) is 3.09. The first-order chi connectivity index (χ1) is 24.0. The van der Waals surface area contributed by atoms with Crippen LogP contribution in [0.25, 0.3) is 11.2 Å². The molecule has 2 aromatic heterocycles. The molecule has 3 amide bonds. The van der Waals surface area contributed by atoms with Crippen LogP contribution in [-0.4, -0.2) is 87.6 Å². The van der Waals surface area contributed by atoms with Gasteiger partial charge < -0.3 is 14.8 Å². The quantitative estimate of drug-likeness (QED) is 0.130. The molecular weight excluding hydrogens is 703 g/mol. The van der Waals surface area contributed by atoms with Gasteiger partial charge in [-0.2, -0.15) is 30.8 Å². The van der Waals surface area contributed by atoms with Gasteiger partial charge >= 0.3 is 24.0 Å². The van der Waals surface area contributed by atoms with E-state index in [1.54, 1.807) is 13.8 Å². The number of esters is 2. The number of H-pyrrole nitrogens is 1. The first-order valence-corrected chi connectivity index (χ1v) is 15.8. The number of rotatable bonds is 15. The molecule has 0 spiro atoms. The van der Waals surface area contributed by atoms with Crippen LogP contribution in [0.2, 0.25) is 0 Å². The van der Waals surface area contributed by atoms with Crippen LogP contribution >= 0.6 is 12.6 Å². The molecule has 274 valence electrons. The zero-order valence-electron chi connectivity index (χ0n) is 27.7. The number of fused-ring (bicyclic) bond motifs is 1. The van der Waals surface area contributed by atoms with Crippen LogP contribution < -0.4 is 21.1 Å². The van der Waals surface area contributed by atoms with E-state index >= 15 is 0 Å². The molecule has 2 atom stereocenters. The summed E-state index contributed by atoms with van der Waals surface area (Å²) >= 11 is 4.04. The van der Waals surface area contributed by atoms with Crippen LogP contribution in [0.3, 0.4) is 0 Å². The Labute approximate surface area is 293 Å². The van der Waals surface area contributed by atoms with Crippen LogP contribution in [-0.2, 0) is 40.0 Å². The lowest BCUT2D eigenvalue weighted by molar-refractivity contribution is -0.170. The highest BCUT2D eigenvalue weighted by atomic mass is 32.1. The molecule has 1 aromatic carbocycles. The predicted molar refractivity (Wildman–Crippen MR) is 177 cm³/mol. The summed E-state index contributed by atoms with van der Waals surface area (Å²) in [6, 6.07) is 3.00. The third kappa shape index (κ3) is 10.8. The van der Waals surface area contributed by atoms with E-state index < -0.39 is 71.6 Å². The zero-order valence-corrected chi connectivity index (χ0v) is 28.6. The minimum Gasteiger partial charge on any atom is -0.469 e. The van der Waals surface area contributed by atoms with E-state index in [2.05, 4.69) is 47.9 Å². The second kappa shape index (κ2) is 17.5.